The van der Waals surface area contributed by atoms with Crippen molar-refractivity contribution in [2.24, 2.45) is 0 Å². The number of carboxylic acids is 1. The largest absolute Gasteiger partial charge is 0.478 e. The van der Waals surface area contributed by atoms with Crippen LogP contribution in [-0.2, 0) is 12.4 Å². The second kappa shape index (κ2) is 5.73. The molecule has 0 saturated carbocycles. The van der Waals surface area contributed by atoms with Crippen molar-refractivity contribution in [1.29, 1.82) is 0 Å². The summed E-state index contributed by atoms with van der Waals surface area (Å²) in [6.45, 7) is 0. The van der Waals surface area contributed by atoms with Crippen molar-refractivity contribution in [3.63, 3.8) is 0 Å². The van der Waals surface area contributed by atoms with Gasteiger partial charge in [-0.15, -0.1) is 0 Å². The number of aromatic carboxylic acids is 1. The number of carboxylic acid groups (broad SMARTS) is 1. The second-order valence-electron chi connectivity index (χ2n) is 4.90. The van der Waals surface area contributed by atoms with Gasteiger partial charge in [0.05, 0.1) is 16.7 Å². The number of alkyl halides is 6. The first kappa shape index (κ1) is 17.6. The van der Waals surface area contributed by atoms with Crippen LogP contribution in [0.4, 0.5) is 32.0 Å². The number of hydrogen-bond acceptors (Lipinski definition) is 2. The van der Waals surface area contributed by atoms with Gasteiger partial charge >= 0.3 is 18.3 Å². The van der Waals surface area contributed by atoms with E-state index in [4.69, 9.17) is 10.8 Å². The van der Waals surface area contributed by atoms with Crippen molar-refractivity contribution in [1.82, 2.24) is 0 Å². The number of anilines is 1. The first-order chi connectivity index (χ1) is 10.9. The average molecular weight is 349 g/mol. The van der Waals surface area contributed by atoms with E-state index in [1.54, 1.807) is 0 Å². The van der Waals surface area contributed by atoms with Gasteiger partial charge in [0.15, 0.2) is 0 Å². The highest BCUT2D eigenvalue weighted by atomic mass is 19.4. The van der Waals surface area contributed by atoms with E-state index in [-0.39, 0.29) is 17.3 Å². The van der Waals surface area contributed by atoms with Crippen molar-refractivity contribution in [2.45, 2.75) is 12.4 Å². The third-order valence-corrected chi connectivity index (χ3v) is 3.20. The van der Waals surface area contributed by atoms with Crippen LogP contribution in [0.2, 0.25) is 0 Å². The molecule has 0 heterocycles. The molecule has 0 bridgehead atoms. The lowest BCUT2D eigenvalue weighted by Gasteiger charge is -2.15. The Morgan fingerprint density at radius 2 is 1.33 bits per heavy atom. The van der Waals surface area contributed by atoms with Crippen LogP contribution >= 0.6 is 0 Å². The Morgan fingerprint density at radius 3 is 1.75 bits per heavy atom. The molecule has 2 rings (SSSR count). The fourth-order valence-electron chi connectivity index (χ4n) is 2.04. The van der Waals surface area contributed by atoms with Gasteiger partial charge in [-0.05, 0) is 41.5 Å². The summed E-state index contributed by atoms with van der Waals surface area (Å²) in [4.78, 5) is 11.0. The van der Waals surface area contributed by atoms with Gasteiger partial charge in [0.25, 0.3) is 0 Å². The van der Waals surface area contributed by atoms with E-state index in [1.165, 1.54) is 0 Å². The van der Waals surface area contributed by atoms with E-state index in [0.717, 1.165) is 18.2 Å². The van der Waals surface area contributed by atoms with E-state index in [2.05, 4.69) is 0 Å². The van der Waals surface area contributed by atoms with Crippen molar-refractivity contribution in [3.05, 3.63) is 53.1 Å². The van der Waals surface area contributed by atoms with E-state index < -0.39 is 40.6 Å². The van der Waals surface area contributed by atoms with Crippen LogP contribution < -0.4 is 5.73 Å². The summed E-state index contributed by atoms with van der Waals surface area (Å²) < 4.78 is 77.1. The first-order valence-corrected chi connectivity index (χ1v) is 6.32. The maximum absolute atomic E-state index is 12.8. The number of halogens is 6. The molecule has 3 nitrogen and oxygen atoms in total. The molecular formula is C15H9F6NO2. The Hall–Kier alpha value is -2.71. The van der Waals surface area contributed by atoms with Crippen LogP contribution in [0.15, 0.2) is 36.4 Å². The van der Waals surface area contributed by atoms with Gasteiger partial charge < -0.3 is 10.8 Å². The van der Waals surface area contributed by atoms with E-state index in [0.29, 0.717) is 12.1 Å². The fraction of sp³-hybridized carbons (Fsp3) is 0.133. The lowest BCUT2D eigenvalue weighted by atomic mass is 9.97. The molecule has 128 valence electrons. The normalized spacial score (nSPS) is 12.2. The lowest BCUT2D eigenvalue weighted by Crippen LogP contribution is -2.11. The van der Waals surface area contributed by atoms with E-state index in [9.17, 15) is 31.1 Å². The third kappa shape index (κ3) is 3.61. The lowest BCUT2D eigenvalue weighted by molar-refractivity contribution is -0.143. The number of nitrogen functional groups attached to an aromatic ring is 1. The summed E-state index contributed by atoms with van der Waals surface area (Å²) in [6, 6.07) is 4.22. The van der Waals surface area contributed by atoms with Crippen molar-refractivity contribution in [3.8, 4) is 11.1 Å². The van der Waals surface area contributed by atoms with Crippen molar-refractivity contribution >= 4 is 11.7 Å². The zero-order chi connectivity index (χ0) is 18.3. The smallest absolute Gasteiger partial charge is 0.416 e. The van der Waals surface area contributed by atoms with Crippen molar-refractivity contribution in [2.75, 3.05) is 5.73 Å². The molecule has 0 spiro atoms. The molecule has 0 aliphatic heterocycles. The Kier molecular flexibility index (Phi) is 4.21. The summed E-state index contributed by atoms with van der Waals surface area (Å²) in [6.07, 6.45) is -9.97. The minimum absolute atomic E-state index is 0.00108. The molecule has 0 amide bonds. The molecule has 0 saturated heterocycles. The zero-order valence-corrected chi connectivity index (χ0v) is 11.7. The summed E-state index contributed by atoms with van der Waals surface area (Å²) in [5.74, 6) is -1.45. The molecule has 9 heteroatoms. The van der Waals surface area contributed by atoms with Gasteiger partial charge in [-0.3, -0.25) is 0 Å². The minimum atomic E-state index is -4.99. The van der Waals surface area contributed by atoms with Gasteiger partial charge in [-0.1, -0.05) is 6.07 Å². The molecule has 0 fully saturated rings. The average Bonchev–Trinajstić information content (AvgIpc) is 2.45. The fourth-order valence-corrected chi connectivity index (χ4v) is 2.04. The second-order valence-corrected chi connectivity index (χ2v) is 4.90. The summed E-state index contributed by atoms with van der Waals surface area (Å²) >= 11 is 0. The Labute approximate surface area is 131 Å². The molecule has 0 unspecified atom stereocenters. The van der Waals surface area contributed by atoms with E-state index in [1.807, 2.05) is 0 Å². The SMILES string of the molecule is Nc1ccc(-c2cc(C(F)(F)F)cc(C(F)(F)F)c2)cc1C(=O)O. The molecule has 0 aliphatic rings. The van der Waals surface area contributed by atoms with Crippen LogP contribution in [0.3, 0.4) is 0 Å². The van der Waals surface area contributed by atoms with Crippen LogP contribution in [0.5, 0.6) is 0 Å². The molecule has 24 heavy (non-hydrogen) atoms. The maximum atomic E-state index is 12.8. The Balaban J connectivity index is 2.70. The van der Waals surface area contributed by atoms with E-state index >= 15 is 0 Å². The van der Waals surface area contributed by atoms with Gasteiger partial charge in [-0.25, -0.2) is 4.79 Å². The van der Waals surface area contributed by atoms with Gasteiger partial charge in [-0.2, -0.15) is 26.3 Å². The van der Waals surface area contributed by atoms with Crippen molar-refractivity contribution < 1.29 is 36.2 Å². The van der Waals surface area contributed by atoms with Crippen LogP contribution in [-0.4, -0.2) is 11.1 Å². The topological polar surface area (TPSA) is 63.3 Å². The predicted molar refractivity (Wildman–Crippen MR) is 73.3 cm³/mol. The molecule has 0 radical (unpaired) electrons. The minimum Gasteiger partial charge on any atom is -0.478 e. The number of hydrogen-bond donors (Lipinski definition) is 2. The molecule has 2 aromatic carbocycles. The molecule has 0 atom stereocenters. The number of benzene rings is 2. The summed E-state index contributed by atoms with van der Waals surface area (Å²) in [7, 11) is 0. The first-order valence-electron chi connectivity index (χ1n) is 6.32. The maximum Gasteiger partial charge on any atom is 0.416 e. The molecule has 0 aliphatic carbocycles. The number of rotatable bonds is 2. The van der Waals surface area contributed by atoms with Gasteiger partial charge in [0, 0.05) is 5.69 Å². The zero-order valence-electron chi connectivity index (χ0n) is 11.7. The van der Waals surface area contributed by atoms with Crippen LogP contribution in [0.1, 0.15) is 21.5 Å². The predicted octanol–water partition coefficient (Wildman–Crippen LogP) is 4.67. The molecule has 2 aromatic rings. The van der Waals surface area contributed by atoms with Crippen LogP contribution in [0, 0.1) is 0 Å². The number of nitrogens with two attached hydrogens (primary N) is 1. The van der Waals surface area contributed by atoms with Gasteiger partial charge in [0.1, 0.15) is 0 Å². The highest BCUT2D eigenvalue weighted by Crippen LogP contribution is 2.39. The monoisotopic (exact) mass is 349 g/mol. The summed E-state index contributed by atoms with van der Waals surface area (Å²) in [5, 5.41) is 8.96. The third-order valence-electron chi connectivity index (χ3n) is 3.20. The summed E-state index contributed by atoms with van der Waals surface area (Å²) in [5.41, 5.74) is 1.34. The van der Waals surface area contributed by atoms with Crippen LogP contribution in [0.25, 0.3) is 11.1 Å². The highest BCUT2D eigenvalue weighted by molar-refractivity contribution is 5.95. The molecular weight excluding hydrogens is 340 g/mol. The molecule has 3 N–H and O–H groups in total. The quantitative estimate of drug-likeness (QED) is 0.612. The highest BCUT2D eigenvalue weighted by Gasteiger charge is 2.37. The molecule has 0 aromatic heterocycles. The Bertz CT molecular complexity index is 763. The van der Waals surface area contributed by atoms with Gasteiger partial charge in [0.2, 0.25) is 0 Å². The number of carbonyl (C=O) groups is 1. The Morgan fingerprint density at radius 1 is 0.833 bits per heavy atom. The standard InChI is InChI=1S/C15H9F6NO2/c16-14(17,18)9-3-8(4-10(6-9)15(19,20)21)7-1-2-12(22)11(5-7)13(23)24/h1-6H,22H2,(H,23,24).